The van der Waals surface area contributed by atoms with Crippen LogP contribution in [-0.4, -0.2) is 18.4 Å². The van der Waals surface area contributed by atoms with Gasteiger partial charge in [-0.1, -0.05) is 0 Å². The van der Waals surface area contributed by atoms with Gasteiger partial charge in [0.25, 0.3) is 0 Å². The fraction of sp³-hybridized carbons (Fsp3) is 0.176. The highest BCUT2D eigenvalue weighted by molar-refractivity contribution is 8.13. The molecule has 0 aliphatic heterocycles. The number of nitrogens with one attached hydrogen (secondary N) is 2. The van der Waals surface area contributed by atoms with Gasteiger partial charge in [-0.15, -0.1) is 0 Å². The Morgan fingerprint density at radius 1 is 0.828 bits per heavy atom. The predicted octanol–water partition coefficient (Wildman–Crippen LogP) is 6.23. The highest BCUT2D eigenvalue weighted by Gasteiger charge is 2.37. The summed E-state index contributed by atoms with van der Waals surface area (Å²) in [5, 5.41) is 3.64. The van der Waals surface area contributed by atoms with Crippen molar-refractivity contribution in [1.29, 1.82) is 0 Å². The zero-order valence-corrected chi connectivity index (χ0v) is 15.3. The molecule has 0 aromatic heterocycles. The Morgan fingerprint density at radius 2 is 1.31 bits per heavy atom. The van der Waals surface area contributed by atoms with E-state index in [0.717, 1.165) is 11.8 Å². The second-order valence-corrected chi connectivity index (χ2v) is 6.46. The van der Waals surface area contributed by atoms with Crippen molar-refractivity contribution >= 4 is 34.5 Å². The molecule has 2 aromatic carbocycles. The van der Waals surface area contributed by atoms with Crippen molar-refractivity contribution < 1.29 is 40.7 Å². The highest BCUT2D eigenvalue weighted by Crippen LogP contribution is 2.37. The molecule has 2 N–H and O–H groups in total. The normalized spacial score (nSPS) is 11.7. The van der Waals surface area contributed by atoms with E-state index in [4.69, 9.17) is 0 Å². The number of hydrogen-bond donors (Lipinski definition) is 2. The van der Waals surface area contributed by atoms with Gasteiger partial charge in [-0.05, 0) is 54.2 Å². The van der Waals surface area contributed by atoms with Gasteiger partial charge in [0, 0.05) is 16.3 Å². The largest absolute Gasteiger partial charge is 0.461 e. The van der Waals surface area contributed by atoms with Crippen LogP contribution >= 0.6 is 11.8 Å². The van der Waals surface area contributed by atoms with Gasteiger partial charge in [0.2, 0.25) is 0 Å². The first-order valence-corrected chi connectivity index (χ1v) is 8.43. The maximum absolute atomic E-state index is 12.8. The number of halogens is 6. The van der Waals surface area contributed by atoms with E-state index in [1.807, 2.05) is 5.32 Å². The molecule has 156 valence electrons. The molecule has 29 heavy (non-hydrogen) atoms. The molecule has 12 heteroatoms. The number of hydrogen-bond acceptors (Lipinski definition) is 4. The van der Waals surface area contributed by atoms with Crippen molar-refractivity contribution in [3.63, 3.8) is 0 Å². The standard InChI is InChI=1S/C17H12F6N2O3S/c1-28-15(27)29-13-4-2-11(3-5-13)24-14(26)25-12-7-9(16(18,19)20)6-10(8-12)17(21,22)23/h2-8H,1H3,(H2,24,25,26). The van der Waals surface area contributed by atoms with Crippen LogP contribution in [0.1, 0.15) is 11.1 Å². The summed E-state index contributed by atoms with van der Waals surface area (Å²) in [6.07, 6.45) is -10.1. The molecule has 0 aliphatic carbocycles. The van der Waals surface area contributed by atoms with Crippen LogP contribution in [0.3, 0.4) is 0 Å². The smallest absolute Gasteiger partial charge is 0.416 e. The molecule has 0 spiro atoms. The Hall–Kier alpha value is -2.89. The number of ether oxygens (including phenoxy) is 1. The van der Waals surface area contributed by atoms with Crippen molar-refractivity contribution in [1.82, 2.24) is 0 Å². The molecule has 0 saturated carbocycles. The Kier molecular flexibility index (Phi) is 6.67. The number of carbonyl (C=O) groups excluding carboxylic acids is 2. The lowest BCUT2D eigenvalue weighted by Gasteiger charge is -2.15. The van der Waals surface area contributed by atoms with Crippen LogP contribution < -0.4 is 10.6 Å². The van der Waals surface area contributed by atoms with Crippen molar-refractivity contribution in [3.05, 3.63) is 53.6 Å². The topological polar surface area (TPSA) is 67.4 Å². The molecular weight excluding hydrogens is 426 g/mol. The van der Waals surface area contributed by atoms with Gasteiger partial charge in [0.1, 0.15) is 0 Å². The third kappa shape index (κ3) is 6.59. The van der Waals surface area contributed by atoms with E-state index in [-0.39, 0.29) is 11.8 Å². The van der Waals surface area contributed by atoms with Crippen molar-refractivity contribution in [2.45, 2.75) is 17.2 Å². The van der Waals surface area contributed by atoms with Crippen molar-refractivity contribution in [3.8, 4) is 0 Å². The van der Waals surface area contributed by atoms with Gasteiger partial charge in [-0.25, -0.2) is 9.59 Å². The summed E-state index contributed by atoms with van der Waals surface area (Å²) in [5.74, 6) is 0. The van der Waals surface area contributed by atoms with Gasteiger partial charge < -0.3 is 15.4 Å². The second kappa shape index (κ2) is 8.64. The number of amides is 2. The van der Waals surface area contributed by atoms with Gasteiger partial charge in [-0.2, -0.15) is 26.3 Å². The molecular formula is C17H12F6N2O3S. The Balaban J connectivity index is 2.15. The van der Waals surface area contributed by atoms with E-state index in [2.05, 4.69) is 10.1 Å². The lowest BCUT2D eigenvalue weighted by Crippen LogP contribution is -2.20. The van der Waals surface area contributed by atoms with Crippen LogP contribution in [0.25, 0.3) is 0 Å². The number of carbonyl (C=O) groups is 2. The second-order valence-electron chi connectivity index (χ2n) is 5.45. The van der Waals surface area contributed by atoms with E-state index in [1.54, 1.807) is 0 Å². The number of benzene rings is 2. The number of alkyl halides is 6. The summed E-state index contributed by atoms with van der Waals surface area (Å²) in [4.78, 5) is 23.6. The molecule has 0 fully saturated rings. The summed E-state index contributed by atoms with van der Waals surface area (Å²) in [6.45, 7) is 0. The summed E-state index contributed by atoms with van der Waals surface area (Å²) in [7, 11) is 1.20. The summed E-state index contributed by atoms with van der Waals surface area (Å²) in [6, 6.07) is 5.39. The summed E-state index contributed by atoms with van der Waals surface area (Å²) >= 11 is 0.779. The first kappa shape index (κ1) is 22.4. The van der Waals surface area contributed by atoms with E-state index in [9.17, 15) is 35.9 Å². The van der Waals surface area contributed by atoms with Gasteiger partial charge >= 0.3 is 23.7 Å². The number of rotatable bonds is 3. The average molecular weight is 438 g/mol. The highest BCUT2D eigenvalue weighted by atomic mass is 32.2. The zero-order chi connectivity index (χ0) is 21.8. The number of urea groups is 1. The van der Waals surface area contributed by atoms with E-state index in [0.29, 0.717) is 17.0 Å². The van der Waals surface area contributed by atoms with Gasteiger partial charge in [0.05, 0.1) is 18.2 Å². The third-order valence-electron chi connectivity index (χ3n) is 3.33. The molecule has 0 saturated heterocycles. The maximum Gasteiger partial charge on any atom is 0.416 e. The lowest BCUT2D eigenvalue weighted by molar-refractivity contribution is -0.143. The molecule has 2 amide bonds. The minimum Gasteiger partial charge on any atom is -0.461 e. The number of anilines is 2. The average Bonchev–Trinajstić information content (AvgIpc) is 2.61. The van der Waals surface area contributed by atoms with Gasteiger partial charge in [-0.3, -0.25) is 0 Å². The fourth-order valence-electron chi connectivity index (χ4n) is 2.06. The Labute approximate surface area is 164 Å². The molecule has 2 aromatic rings. The summed E-state index contributed by atoms with van der Waals surface area (Å²) < 4.78 is 81.5. The quantitative estimate of drug-likeness (QED) is 0.339. The molecule has 2 rings (SSSR count). The first-order valence-electron chi connectivity index (χ1n) is 7.62. The van der Waals surface area contributed by atoms with E-state index in [1.165, 1.54) is 31.4 Å². The minimum absolute atomic E-state index is 0.0409. The number of thioether (sulfide) groups is 1. The molecule has 0 bridgehead atoms. The predicted molar refractivity (Wildman–Crippen MR) is 93.8 cm³/mol. The van der Waals surface area contributed by atoms with Crippen molar-refractivity contribution in [2.24, 2.45) is 0 Å². The van der Waals surface area contributed by atoms with Crippen molar-refractivity contribution in [2.75, 3.05) is 17.7 Å². The molecule has 0 heterocycles. The minimum atomic E-state index is -5.03. The molecule has 5 nitrogen and oxygen atoms in total. The maximum atomic E-state index is 12.8. The lowest BCUT2D eigenvalue weighted by atomic mass is 10.1. The number of methoxy groups -OCH3 is 1. The monoisotopic (exact) mass is 438 g/mol. The third-order valence-corrected chi connectivity index (χ3v) is 4.17. The van der Waals surface area contributed by atoms with Crippen LogP contribution in [0.5, 0.6) is 0 Å². The van der Waals surface area contributed by atoms with Crippen LogP contribution in [0.15, 0.2) is 47.4 Å². The van der Waals surface area contributed by atoms with Crippen LogP contribution in [0.2, 0.25) is 0 Å². The molecule has 0 atom stereocenters. The van der Waals surface area contributed by atoms with Crippen LogP contribution in [-0.2, 0) is 17.1 Å². The molecule has 0 radical (unpaired) electrons. The van der Waals surface area contributed by atoms with E-state index < -0.39 is 40.5 Å². The Morgan fingerprint density at radius 3 is 1.76 bits per heavy atom. The first-order chi connectivity index (χ1) is 13.4. The Bertz CT molecular complexity index is 865. The van der Waals surface area contributed by atoms with Crippen LogP contribution in [0, 0.1) is 0 Å². The van der Waals surface area contributed by atoms with Gasteiger partial charge in [0.15, 0.2) is 0 Å². The zero-order valence-electron chi connectivity index (χ0n) is 14.4. The molecule has 0 aliphatic rings. The fourth-order valence-corrected chi connectivity index (χ4v) is 2.61. The van der Waals surface area contributed by atoms with E-state index >= 15 is 0 Å². The SMILES string of the molecule is COC(=O)Sc1ccc(NC(=O)Nc2cc(C(F)(F)F)cc(C(F)(F)F)c2)cc1. The van der Waals surface area contributed by atoms with Crippen LogP contribution in [0.4, 0.5) is 47.3 Å². The summed E-state index contributed by atoms with van der Waals surface area (Å²) in [5.41, 5.74) is -3.58. The molecule has 0 unspecified atom stereocenters.